The van der Waals surface area contributed by atoms with Crippen molar-refractivity contribution in [3.63, 3.8) is 0 Å². The molecule has 0 fully saturated rings. The molecule has 2 aromatic carbocycles. The molecule has 0 nitrogen and oxygen atoms in total. The van der Waals surface area contributed by atoms with Crippen molar-refractivity contribution in [2.45, 2.75) is 6.42 Å². The van der Waals surface area contributed by atoms with Crippen LogP contribution in [0.4, 0.5) is 0 Å². The summed E-state index contributed by atoms with van der Waals surface area (Å²) in [4.78, 5) is 0. The van der Waals surface area contributed by atoms with Crippen molar-refractivity contribution < 1.29 is 0 Å². The Balaban J connectivity index is 2.24. The first-order valence-electron chi connectivity index (χ1n) is 4.65. The van der Waals surface area contributed by atoms with Crippen LogP contribution >= 0.6 is 0 Å². The van der Waals surface area contributed by atoms with Gasteiger partial charge < -0.3 is 0 Å². The molecule has 0 aliphatic rings. The molecule has 69 valence electrons. The van der Waals surface area contributed by atoms with Gasteiger partial charge in [-0.05, 0) is 0 Å². The van der Waals surface area contributed by atoms with Gasteiger partial charge in [0.2, 0.25) is 0 Å². The molecule has 14 heavy (non-hydrogen) atoms. The van der Waals surface area contributed by atoms with Crippen LogP contribution in [0.15, 0.2) is 54.6 Å². The van der Waals surface area contributed by atoms with Crippen molar-refractivity contribution in [3.8, 4) is 0 Å². The molecule has 0 spiro atoms. The van der Waals surface area contributed by atoms with E-state index in [0.717, 1.165) is 6.42 Å². The van der Waals surface area contributed by atoms with Gasteiger partial charge in [-0.25, -0.2) is 0 Å². The second-order valence-corrected chi connectivity index (χ2v) is 4.19. The third kappa shape index (κ3) is 2.25. The van der Waals surface area contributed by atoms with Crippen LogP contribution in [0, 0.1) is 0 Å². The Kier molecular flexibility index (Phi) is 3.03. The molecule has 0 aliphatic carbocycles. The first kappa shape index (κ1) is 9.51. The van der Waals surface area contributed by atoms with Gasteiger partial charge in [-0.3, -0.25) is 0 Å². The van der Waals surface area contributed by atoms with Crippen LogP contribution in [0.3, 0.4) is 0 Å². The van der Waals surface area contributed by atoms with Gasteiger partial charge in [-0.15, -0.1) is 0 Å². The standard InChI is InChI=1S/C13H11Se/c14-13-9-5-4-8-12(13)10-11-6-2-1-3-7-11/h1-9H,10H2. The molecule has 0 unspecified atom stereocenters. The quantitative estimate of drug-likeness (QED) is 0.712. The predicted octanol–water partition coefficient (Wildman–Crippen LogP) is 2.07. The Morgan fingerprint density at radius 1 is 0.786 bits per heavy atom. The van der Waals surface area contributed by atoms with Crippen LogP contribution in [0.2, 0.25) is 0 Å². The normalized spacial score (nSPS) is 10.0. The second kappa shape index (κ2) is 4.45. The number of hydrogen-bond acceptors (Lipinski definition) is 0. The molecule has 0 atom stereocenters. The van der Waals surface area contributed by atoms with Crippen molar-refractivity contribution in [1.29, 1.82) is 0 Å². The molecule has 2 aromatic rings. The SMILES string of the molecule is [Se]c1ccccc1Cc1ccccc1. The molecular weight excluding hydrogens is 235 g/mol. The molecule has 0 saturated carbocycles. The average Bonchev–Trinajstić information content (AvgIpc) is 2.23. The zero-order chi connectivity index (χ0) is 9.80. The van der Waals surface area contributed by atoms with E-state index in [2.05, 4.69) is 64.5 Å². The maximum absolute atomic E-state index is 3.09. The fourth-order valence-electron chi connectivity index (χ4n) is 1.47. The zero-order valence-corrected chi connectivity index (χ0v) is 9.52. The van der Waals surface area contributed by atoms with Crippen molar-refractivity contribution in [1.82, 2.24) is 0 Å². The van der Waals surface area contributed by atoms with Crippen LogP contribution in [0.5, 0.6) is 0 Å². The van der Waals surface area contributed by atoms with Crippen LogP contribution in [-0.2, 0) is 6.42 Å². The third-order valence-corrected chi connectivity index (χ3v) is 3.05. The van der Waals surface area contributed by atoms with E-state index in [1.165, 1.54) is 15.6 Å². The summed E-state index contributed by atoms with van der Waals surface area (Å²) in [6.07, 6.45) is 1.00. The minimum atomic E-state index is 1.00. The first-order valence-corrected chi connectivity index (χ1v) is 5.51. The van der Waals surface area contributed by atoms with Crippen LogP contribution in [0.1, 0.15) is 11.1 Å². The van der Waals surface area contributed by atoms with Crippen LogP contribution in [-0.4, -0.2) is 16.0 Å². The Morgan fingerprint density at radius 3 is 2.14 bits per heavy atom. The number of hydrogen-bond donors (Lipinski definition) is 0. The van der Waals surface area contributed by atoms with Gasteiger partial charge in [-0.1, -0.05) is 0 Å². The summed E-state index contributed by atoms with van der Waals surface area (Å²) in [5.41, 5.74) is 2.72. The molecule has 0 heterocycles. The van der Waals surface area contributed by atoms with Gasteiger partial charge in [0.15, 0.2) is 0 Å². The van der Waals surface area contributed by atoms with Crippen LogP contribution < -0.4 is 4.46 Å². The van der Waals surface area contributed by atoms with Gasteiger partial charge in [0.05, 0.1) is 0 Å². The number of rotatable bonds is 2. The molecular formula is C13H11Se. The Bertz CT molecular complexity index is 407. The summed E-state index contributed by atoms with van der Waals surface area (Å²) in [6.45, 7) is 0. The Morgan fingerprint density at radius 2 is 1.43 bits per heavy atom. The molecule has 0 saturated heterocycles. The summed E-state index contributed by atoms with van der Waals surface area (Å²) in [7, 11) is 0. The van der Waals surface area contributed by atoms with Gasteiger partial charge >= 0.3 is 92.6 Å². The van der Waals surface area contributed by atoms with Crippen molar-refractivity contribution in [3.05, 3.63) is 65.7 Å². The molecule has 1 radical (unpaired) electrons. The molecule has 0 aromatic heterocycles. The second-order valence-electron chi connectivity index (χ2n) is 3.27. The average molecular weight is 246 g/mol. The maximum atomic E-state index is 3.09. The van der Waals surface area contributed by atoms with E-state index < -0.39 is 0 Å². The third-order valence-electron chi connectivity index (χ3n) is 2.21. The molecule has 0 amide bonds. The van der Waals surface area contributed by atoms with Gasteiger partial charge in [0.1, 0.15) is 0 Å². The topological polar surface area (TPSA) is 0 Å². The van der Waals surface area contributed by atoms with E-state index in [4.69, 9.17) is 0 Å². The van der Waals surface area contributed by atoms with Gasteiger partial charge in [-0.2, -0.15) is 0 Å². The van der Waals surface area contributed by atoms with Gasteiger partial charge in [0.25, 0.3) is 0 Å². The molecule has 0 bridgehead atoms. The van der Waals surface area contributed by atoms with E-state index in [9.17, 15) is 0 Å². The zero-order valence-electron chi connectivity index (χ0n) is 7.81. The van der Waals surface area contributed by atoms with E-state index >= 15 is 0 Å². The van der Waals surface area contributed by atoms with Gasteiger partial charge in [0, 0.05) is 0 Å². The number of benzene rings is 2. The van der Waals surface area contributed by atoms with Crippen LogP contribution in [0.25, 0.3) is 0 Å². The Labute approximate surface area is 92.8 Å². The minimum absolute atomic E-state index is 1.00. The van der Waals surface area contributed by atoms with Crippen molar-refractivity contribution >= 4 is 20.5 Å². The summed E-state index contributed by atoms with van der Waals surface area (Å²) in [5, 5.41) is 0. The fraction of sp³-hybridized carbons (Fsp3) is 0.0769. The fourth-order valence-corrected chi connectivity index (χ4v) is 1.92. The van der Waals surface area contributed by atoms with E-state index in [1.807, 2.05) is 6.07 Å². The molecule has 1 heteroatoms. The van der Waals surface area contributed by atoms with E-state index in [-0.39, 0.29) is 0 Å². The van der Waals surface area contributed by atoms with E-state index in [1.54, 1.807) is 0 Å². The van der Waals surface area contributed by atoms with E-state index in [0.29, 0.717) is 0 Å². The molecule has 2 rings (SSSR count). The summed E-state index contributed by atoms with van der Waals surface area (Å²) in [5.74, 6) is 0. The molecule has 0 N–H and O–H groups in total. The summed E-state index contributed by atoms with van der Waals surface area (Å²) < 4.78 is 1.25. The monoisotopic (exact) mass is 247 g/mol. The van der Waals surface area contributed by atoms with Crippen molar-refractivity contribution in [2.24, 2.45) is 0 Å². The Hall–Kier alpha value is -1.04. The summed E-state index contributed by atoms with van der Waals surface area (Å²) in [6, 6.07) is 18.9. The molecule has 0 aliphatic heterocycles. The summed E-state index contributed by atoms with van der Waals surface area (Å²) >= 11 is 3.09. The van der Waals surface area contributed by atoms with Crippen molar-refractivity contribution in [2.75, 3.05) is 0 Å². The first-order chi connectivity index (χ1) is 6.86. The predicted molar refractivity (Wildman–Crippen MR) is 61.1 cm³/mol.